The van der Waals surface area contributed by atoms with Gasteiger partial charge in [0, 0.05) is 60.3 Å². The summed E-state index contributed by atoms with van der Waals surface area (Å²) in [6.07, 6.45) is 0.857. The zero-order valence-electron chi connectivity index (χ0n) is 23.9. The Morgan fingerprint density at radius 3 is 2.44 bits per heavy atom. The summed E-state index contributed by atoms with van der Waals surface area (Å²) in [4.78, 5) is 45.2. The molecule has 13 heteroatoms. The number of fused-ring (bicyclic) bond motifs is 1. The highest BCUT2D eigenvalue weighted by atomic mass is 32.2. The first-order chi connectivity index (χ1) is 20.3. The van der Waals surface area contributed by atoms with Gasteiger partial charge in [0.2, 0.25) is 11.6 Å². The van der Waals surface area contributed by atoms with Crippen molar-refractivity contribution in [1.29, 1.82) is 0 Å². The van der Waals surface area contributed by atoms with Crippen molar-refractivity contribution in [2.75, 3.05) is 18.4 Å². The third kappa shape index (κ3) is 5.68. The van der Waals surface area contributed by atoms with Gasteiger partial charge in [0.05, 0.1) is 28.9 Å². The van der Waals surface area contributed by atoms with E-state index in [-0.39, 0.29) is 29.1 Å². The number of amides is 1. The molecule has 1 aliphatic carbocycles. The number of halogens is 5. The van der Waals surface area contributed by atoms with Gasteiger partial charge in [-0.2, -0.15) is 0 Å². The molecule has 43 heavy (non-hydrogen) atoms. The van der Waals surface area contributed by atoms with Gasteiger partial charge >= 0.3 is 0 Å². The standard InChI is InChI=1S/C30H31F5N4O3S/c1-4-17-11-36-14-43-27(17)29(12-30(34,35)13-29)37-10-15(2)25(40)26(41)24-16(3)22(21-6-5-7-39(21)24)28(42)38-18-8-19(31)23(33)20(32)9-18/h8-9,14-15,37H,4-7,10-13H2,1-3H3,(H,38,42). The third-order valence-corrected chi connectivity index (χ3v) is 9.51. The number of carbonyl (C=O) groups excluding carboxylic acids is 3. The molecule has 230 valence electrons. The van der Waals surface area contributed by atoms with Crippen LogP contribution in [-0.2, 0) is 17.8 Å². The van der Waals surface area contributed by atoms with E-state index in [4.69, 9.17) is 0 Å². The Labute approximate surface area is 249 Å². The van der Waals surface area contributed by atoms with Gasteiger partial charge in [0.25, 0.3) is 11.8 Å². The van der Waals surface area contributed by atoms with Gasteiger partial charge in [-0.05, 0) is 37.3 Å². The number of benzene rings is 1. The summed E-state index contributed by atoms with van der Waals surface area (Å²) < 4.78 is 70.7. The molecule has 2 aliphatic heterocycles. The molecule has 0 bridgehead atoms. The van der Waals surface area contributed by atoms with Crippen LogP contribution in [0.3, 0.4) is 0 Å². The summed E-state index contributed by atoms with van der Waals surface area (Å²) in [6, 6.07) is 1.30. The topological polar surface area (TPSA) is 92.6 Å². The molecule has 1 atom stereocenters. The number of aliphatic imine (C=N–C) groups is 1. The van der Waals surface area contributed by atoms with E-state index in [1.54, 1.807) is 17.0 Å². The number of carbonyl (C=O) groups is 3. The number of alkyl halides is 2. The van der Waals surface area contributed by atoms with E-state index in [1.807, 2.05) is 6.92 Å². The molecule has 1 aromatic heterocycles. The van der Waals surface area contributed by atoms with Crippen molar-refractivity contribution in [3.63, 3.8) is 0 Å². The van der Waals surface area contributed by atoms with Gasteiger partial charge < -0.3 is 15.2 Å². The molecule has 0 radical (unpaired) electrons. The molecule has 1 fully saturated rings. The summed E-state index contributed by atoms with van der Waals surface area (Å²) in [5.74, 6) is -10.6. The van der Waals surface area contributed by atoms with Gasteiger partial charge in [0.15, 0.2) is 17.5 Å². The Hall–Kier alpha value is -3.32. The predicted molar refractivity (Wildman–Crippen MR) is 153 cm³/mol. The zero-order chi connectivity index (χ0) is 31.3. The lowest BCUT2D eigenvalue weighted by Gasteiger charge is -2.50. The van der Waals surface area contributed by atoms with E-state index < -0.39 is 65.1 Å². The Bertz CT molecular complexity index is 1550. The summed E-state index contributed by atoms with van der Waals surface area (Å²) in [5, 5.41) is 5.54. The lowest BCUT2D eigenvalue weighted by molar-refractivity contribution is -0.123. The number of thioether (sulfide) groups is 1. The maximum absolute atomic E-state index is 14.2. The number of aromatic nitrogens is 1. The monoisotopic (exact) mass is 622 g/mol. The van der Waals surface area contributed by atoms with Crippen LogP contribution in [0.25, 0.3) is 0 Å². The molecule has 1 amide bonds. The molecule has 1 saturated carbocycles. The molecule has 3 heterocycles. The van der Waals surface area contributed by atoms with Crippen LogP contribution in [0.2, 0.25) is 0 Å². The van der Waals surface area contributed by atoms with Gasteiger partial charge in [-0.1, -0.05) is 25.6 Å². The minimum atomic E-state index is -2.84. The van der Waals surface area contributed by atoms with Crippen LogP contribution < -0.4 is 10.6 Å². The van der Waals surface area contributed by atoms with Gasteiger partial charge in [-0.15, -0.1) is 0 Å². The molecule has 1 unspecified atom stereocenters. The number of hydrogen-bond donors (Lipinski definition) is 2. The van der Waals surface area contributed by atoms with Crippen LogP contribution >= 0.6 is 11.8 Å². The molecular weight excluding hydrogens is 591 g/mol. The Kier molecular flexibility index (Phi) is 8.42. The van der Waals surface area contributed by atoms with E-state index in [2.05, 4.69) is 15.6 Å². The normalized spacial score (nSPS) is 19.2. The molecule has 7 nitrogen and oxygen atoms in total. The number of rotatable bonds is 10. The van der Waals surface area contributed by atoms with Gasteiger partial charge in [-0.25, -0.2) is 22.0 Å². The highest BCUT2D eigenvalue weighted by molar-refractivity contribution is 8.15. The molecule has 5 rings (SSSR count). The third-order valence-electron chi connectivity index (χ3n) is 8.34. The summed E-state index contributed by atoms with van der Waals surface area (Å²) >= 11 is 1.31. The second kappa shape index (κ2) is 11.6. The van der Waals surface area contributed by atoms with Crippen molar-refractivity contribution in [1.82, 2.24) is 9.88 Å². The van der Waals surface area contributed by atoms with Crippen LogP contribution in [0.4, 0.5) is 27.6 Å². The quantitative estimate of drug-likeness (QED) is 0.147. The fourth-order valence-corrected chi connectivity index (χ4v) is 7.30. The van der Waals surface area contributed by atoms with Crippen LogP contribution in [0, 0.1) is 30.3 Å². The second-order valence-electron chi connectivity index (χ2n) is 11.4. The van der Waals surface area contributed by atoms with Crippen molar-refractivity contribution >= 4 is 40.5 Å². The van der Waals surface area contributed by atoms with Crippen molar-refractivity contribution < 1.29 is 36.3 Å². The summed E-state index contributed by atoms with van der Waals surface area (Å²) in [5.41, 5.74) is 2.18. The van der Waals surface area contributed by atoms with Gasteiger partial charge in [-0.3, -0.25) is 19.4 Å². The van der Waals surface area contributed by atoms with Crippen LogP contribution in [0.15, 0.2) is 27.6 Å². The molecule has 0 saturated heterocycles. The summed E-state index contributed by atoms with van der Waals surface area (Å²) in [7, 11) is 0. The summed E-state index contributed by atoms with van der Waals surface area (Å²) in [6.45, 7) is 5.81. The molecule has 1 aromatic carbocycles. The number of Topliss-reactive ketones (excluding diaryl/α,β-unsaturated/α-hetero) is 2. The highest BCUT2D eigenvalue weighted by Gasteiger charge is 2.59. The van der Waals surface area contributed by atoms with Crippen LogP contribution in [0.5, 0.6) is 0 Å². The average molecular weight is 623 g/mol. The maximum atomic E-state index is 14.2. The SMILES string of the molecule is CCC1=C(C2(NCC(C)C(=O)C(=O)c3c(C)c(C(=O)Nc4cc(F)c(F)c(F)c4)c4n3CCC4)CC(F)(F)C2)SC=NC1. The van der Waals surface area contributed by atoms with E-state index in [0.29, 0.717) is 50.2 Å². The minimum absolute atomic E-state index is 0.0134. The highest BCUT2D eigenvalue weighted by Crippen LogP contribution is 2.53. The Morgan fingerprint density at radius 2 is 1.81 bits per heavy atom. The van der Waals surface area contributed by atoms with Crippen molar-refractivity contribution in [2.24, 2.45) is 10.9 Å². The van der Waals surface area contributed by atoms with Crippen molar-refractivity contribution in [2.45, 2.75) is 70.9 Å². The number of anilines is 1. The predicted octanol–water partition coefficient (Wildman–Crippen LogP) is 6.00. The van der Waals surface area contributed by atoms with Crippen LogP contribution in [0.1, 0.15) is 71.6 Å². The number of ketones is 2. The van der Waals surface area contributed by atoms with E-state index in [9.17, 15) is 36.3 Å². The fourth-order valence-electron chi connectivity index (χ4n) is 6.23. The Morgan fingerprint density at radius 1 is 1.14 bits per heavy atom. The fraction of sp³-hybridized carbons (Fsp3) is 0.467. The molecule has 3 aliphatic rings. The second-order valence-corrected chi connectivity index (χ2v) is 12.2. The first-order valence-electron chi connectivity index (χ1n) is 14.0. The van der Waals surface area contributed by atoms with Crippen LogP contribution in [-0.4, -0.2) is 52.1 Å². The molecular formula is C30H31F5N4O3S. The lowest BCUT2D eigenvalue weighted by atomic mass is 9.71. The minimum Gasteiger partial charge on any atom is -0.341 e. The average Bonchev–Trinajstić information content (AvgIpc) is 3.51. The number of nitrogens with one attached hydrogen (secondary N) is 2. The molecule has 2 N–H and O–H groups in total. The number of hydrogen-bond acceptors (Lipinski definition) is 6. The smallest absolute Gasteiger partial charge is 0.257 e. The lowest BCUT2D eigenvalue weighted by Crippen LogP contribution is -2.62. The van der Waals surface area contributed by atoms with Crippen molar-refractivity contribution in [3.8, 4) is 0 Å². The zero-order valence-corrected chi connectivity index (χ0v) is 24.7. The van der Waals surface area contributed by atoms with Gasteiger partial charge in [0.1, 0.15) is 0 Å². The van der Waals surface area contributed by atoms with E-state index >= 15 is 0 Å². The van der Waals surface area contributed by atoms with E-state index in [0.717, 1.165) is 10.5 Å². The number of nitrogens with zero attached hydrogens (tertiary/aromatic N) is 2. The van der Waals surface area contributed by atoms with E-state index in [1.165, 1.54) is 18.7 Å². The largest absolute Gasteiger partial charge is 0.341 e. The molecule has 2 aromatic rings. The maximum Gasteiger partial charge on any atom is 0.257 e. The Balaban J connectivity index is 1.35. The van der Waals surface area contributed by atoms with Crippen molar-refractivity contribution in [3.05, 3.63) is 62.6 Å². The molecule has 0 spiro atoms. The first-order valence-corrected chi connectivity index (χ1v) is 14.9. The first kappa shape index (κ1) is 31.1.